The van der Waals surface area contributed by atoms with Crippen molar-refractivity contribution in [2.75, 3.05) is 25.6 Å². The number of hydrogen-bond donors (Lipinski definition) is 2. The van der Waals surface area contributed by atoms with Gasteiger partial charge in [-0.15, -0.1) is 0 Å². The lowest BCUT2D eigenvalue weighted by Crippen LogP contribution is -2.09. The monoisotopic (exact) mass is 286 g/mol. The molecule has 100 valence electrons. The van der Waals surface area contributed by atoms with Crippen LogP contribution in [0.25, 0.3) is 0 Å². The number of benzene rings is 1. The van der Waals surface area contributed by atoms with Gasteiger partial charge in [0.15, 0.2) is 0 Å². The molecule has 3 nitrogen and oxygen atoms in total. The summed E-state index contributed by atoms with van der Waals surface area (Å²) < 4.78 is 5.00. The summed E-state index contributed by atoms with van der Waals surface area (Å²) in [6.45, 7) is 1.72. The zero-order chi connectivity index (χ0) is 13.4. The largest absolute Gasteiger partial charge is 0.389 e. The third kappa shape index (κ3) is 5.21. The van der Waals surface area contributed by atoms with Crippen LogP contribution < -0.4 is 11.1 Å². The van der Waals surface area contributed by atoms with Gasteiger partial charge in [-0.1, -0.05) is 23.8 Å². The van der Waals surface area contributed by atoms with Crippen LogP contribution in [-0.2, 0) is 4.74 Å². The lowest BCUT2D eigenvalue weighted by atomic mass is 10.2. The van der Waals surface area contributed by atoms with Gasteiger partial charge >= 0.3 is 0 Å². The van der Waals surface area contributed by atoms with Gasteiger partial charge in [0.05, 0.1) is 10.7 Å². The van der Waals surface area contributed by atoms with E-state index in [1.165, 1.54) is 0 Å². The van der Waals surface area contributed by atoms with Crippen molar-refractivity contribution in [2.24, 2.45) is 5.73 Å². The van der Waals surface area contributed by atoms with E-state index >= 15 is 0 Å². The minimum absolute atomic E-state index is 0.364. The van der Waals surface area contributed by atoms with E-state index < -0.39 is 0 Å². The molecule has 0 fully saturated rings. The Hall–Kier alpha value is -0.840. The molecule has 1 aromatic carbocycles. The number of unbranched alkanes of at least 4 members (excludes halogenated alkanes) is 2. The molecule has 3 N–H and O–H groups in total. The number of methoxy groups -OCH3 is 1. The van der Waals surface area contributed by atoms with Crippen LogP contribution in [-0.4, -0.2) is 25.2 Å². The van der Waals surface area contributed by atoms with E-state index in [0.29, 0.717) is 10.0 Å². The number of rotatable bonds is 8. The zero-order valence-electron chi connectivity index (χ0n) is 10.5. The normalized spacial score (nSPS) is 10.3. The lowest BCUT2D eigenvalue weighted by molar-refractivity contribution is 0.192. The first-order chi connectivity index (χ1) is 8.65. The Morgan fingerprint density at radius 1 is 1.39 bits per heavy atom. The van der Waals surface area contributed by atoms with Gasteiger partial charge in [-0.3, -0.25) is 0 Å². The van der Waals surface area contributed by atoms with E-state index in [2.05, 4.69) is 5.32 Å². The molecule has 1 aromatic rings. The average molecular weight is 287 g/mol. The highest BCUT2D eigenvalue weighted by Crippen LogP contribution is 2.23. The van der Waals surface area contributed by atoms with Crippen molar-refractivity contribution in [1.29, 1.82) is 0 Å². The van der Waals surface area contributed by atoms with Gasteiger partial charge in [-0.05, 0) is 37.5 Å². The zero-order valence-corrected chi connectivity index (χ0v) is 12.1. The quantitative estimate of drug-likeness (QED) is 0.569. The Labute approximate surface area is 119 Å². The summed E-state index contributed by atoms with van der Waals surface area (Å²) in [6.07, 6.45) is 3.33. The third-order valence-corrected chi connectivity index (χ3v) is 3.14. The van der Waals surface area contributed by atoms with Crippen molar-refractivity contribution in [3.8, 4) is 0 Å². The van der Waals surface area contributed by atoms with Crippen molar-refractivity contribution in [3.63, 3.8) is 0 Å². The second-order valence-corrected chi connectivity index (χ2v) is 4.89. The topological polar surface area (TPSA) is 47.3 Å². The van der Waals surface area contributed by atoms with Crippen LogP contribution in [0.3, 0.4) is 0 Å². The molecular formula is C13H19ClN2OS. The minimum atomic E-state index is 0.364. The molecule has 0 heterocycles. The molecule has 0 aliphatic carbocycles. The van der Waals surface area contributed by atoms with E-state index in [4.69, 9.17) is 34.3 Å². The number of hydrogen-bond acceptors (Lipinski definition) is 3. The first-order valence-electron chi connectivity index (χ1n) is 5.97. The molecule has 0 aromatic heterocycles. The molecule has 5 heteroatoms. The first kappa shape index (κ1) is 15.2. The standard InChI is InChI=1S/C13H19ClN2OS/c1-17-8-4-2-3-7-16-12-6-5-10(13(15)18)9-11(12)14/h5-6,9,16H,2-4,7-8H2,1H3,(H2,15,18). The SMILES string of the molecule is COCCCCCNc1ccc(C(N)=S)cc1Cl. The average Bonchev–Trinajstić information content (AvgIpc) is 2.35. The fourth-order valence-electron chi connectivity index (χ4n) is 1.58. The molecule has 0 aliphatic rings. The van der Waals surface area contributed by atoms with Gasteiger partial charge in [0, 0.05) is 25.8 Å². The molecule has 18 heavy (non-hydrogen) atoms. The van der Waals surface area contributed by atoms with Crippen molar-refractivity contribution in [3.05, 3.63) is 28.8 Å². The smallest absolute Gasteiger partial charge is 0.104 e. The third-order valence-electron chi connectivity index (χ3n) is 2.59. The van der Waals surface area contributed by atoms with Crippen LogP contribution in [0.5, 0.6) is 0 Å². The number of nitrogens with two attached hydrogens (primary N) is 1. The Morgan fingerprint density at radius 2 is 2.17 bits per heavy atom. The van der Waals surface area contributed by atoms with Crippen molar-refractivity contribution >= 4 is 34.5 Å². The number of anilines is 1. The van der Waals surface area contributed by atoms with E-state index in [-0.39, 0.29) is 0 Å². The Morgan fingerprint density at radius 3 is 2.78 bits per heavy atom. The van der Waals surface area contributed by atoms with Crippen LogP contribution in [0.1, 0.15) is 24.8 Å². The summed E-state index contributed by atoms with van der Waals surface area (Å²) in [6, 6.07) is 5.57. The number of halogens is 1. The van der Waals surface area contributed by atoms with Crippen LogP contribution in [0.2, 0.25) is 5.02 Å². The molecule has 0 aliphatic heterocycles. The minimum Gasteiger partial charge on any atom is -0.389 e. The van der Waals surface area contributed by atoms with Crippen molar-refractivity contribution in [2.45, 2.75) is 19.3 Å². The summed E-state index contributed by atoms with van der Waals surface area (Å²) in [5, 5.41) is 3.95. The number of thiocarbonyl (C=S) groups is 1. The van der Waals surface area contributed by atoms with E-state index in [1.807, 2.05) is 12.1 Å². The first-order valence-corrected chi connectivity index (χ1v) is 6.76. The molecule has 0 saturated heterocycles. The molecule has 0 radical (unpaired) electrons. The van der Waals surface area contributed by atoms with Crippen LogP contribution in [0.15, 0.2) is 18.2 Å². The Kier molecular flexibility index (Phi) is 7.01. The van der Waals surface area contributed by atoms with E-state index in [1.54, 1.807) is 13.2 Å². The summed E-state index contributed by atoms with van der Waals surface area (Å²) in [4.78, 5) is 0.364. The summed E-state index contributed by atoms with van der Waals surface area (Å²) in [7, 11) is 1.72. The molecule has 0 unspecified atom stereocenters. The van der Waals surface area contributed by atoms with Gasteiger partial charge in [0.2, 0.25) is 0 Å². The highest BCUT2D eigenvalue weighted by molar-refractivity contribution is 7.80. The van der Waals surface area contributed by atoms with E-state index in [0.717, 1.165) is 43.7 Å². The maximum Gasteiger partial charge on any atom is 0.104 e. The summed E-state index contributed by atoms with van der Waals surface area (Å²) in [5.74, 6) is 0. The molecule has 1 rings (SSSR count). The molecule has 0 spiro atoms. The lowest BCUT2D eigenvalue weighted by Gasteiger charge is -2.09. The Bertz CT molecular complexity index is 399. The maximum atomic E-state index is 6.14. The number of nitrogens with one attached hydrogen (secondary N) is 1. The molecule has 0 bridgehead atoms. The van der Waals surface area contributed by atoms with Crippen LogP contribution in [0, 0.1) is 0 Å². The van der Waals surface area contributed by atoms with E-state index in [9.17, 15) is 0 Å². The fourth-order valence-corrected chi connectivity index (χ4v) is 1.96. The maximum absolute atomic E-state index is 6.14. The Balaban J connectivity index is 2.36. The van der Waals surface area contributed by atoms with Gasteiger partial charge in [0.1, 0.15) is 4.99 Å². The fraction of sp³-hybridized carbons (Fsp3) is 0.462. The number of ether oxygens (including phenoxy) is 1. The second kappa shape index (κ2) is 8.29. The molecular weight excluding hydrogens is 268 g/mol. The van der Waals surface area contributed by atoms with Gasteiger partial charge in [0.25, 0.3) is 0 Å². The van der Waals surface area contributed by atoms with Crippen LogP contribution >= 0.6 is 23.8 Å². The van der Waals surface area contributed by atoms with Crippen molar-refractivity contribution < 1.29 is 4.74 Å². The molecule has 0 saturated carbocycles. The second-order valence-electron chi connectivity index (χ2n) is 4.04. The van der Waals surface area contributed by atoms with Crippen LogP contribution in [0.4, 0.5) is 5.69 Å². The molecule has 0 atom stereocenters. The van der Waals surface area contributed by atoms with Gasteiger partial charge in [-0.2, -0.15) is 0 Å². The predicted molar refractivity (Wildman–Crippen MR) is 81.6 cm³/mol. The van der Waals surface area contributed by atoms with Gasteiger partial charge in [-0.25, -0.2) is 0 Å². The van der Waals surface area contributed by atoms with Crippen molar-refractivity contribution in [1.82, 2.24) is 0 Å². The molecule has 0 amide bonds. The summed E-state index contributed by atoms with van der Waals surface area (Å²) >= 11 is 11.0. The predicted octanol–water partition coefficient (Wildman–Crippen LogP) is 3.20. The highest BCUT2D eigenvalue weighted by atomic mass is 35.5. The summed E-state index contributed by atoms with van der Waals surface area (Å²) in [5.41, 5.74) is 7.25. The van der Waals surface area contributed by atoms with Gasteiger partial charge < -0.3 is 15.8 Å². The highest BCUT2D eigenvalue weighted by Gasteiger charge is 2.03.